The van der Waals surface area contributed by atoms with Crippen molar-refractivity contribution < 1.29 is 14.4 Å². The highest BCUT2D eigenvalue weighted by molar-refractivity contribution is 5.85. The van der Waals surface area contributed by atoms with Crippen molar-refractivity contribution in [1.29, 1.82) is 0 Å². The minimum Gasteiger partial charge on any atom is -0.481 e. The van der Waals surface area contributed by atoms with E-state index in [4.69, 9.17) is 9.63 Å². The second-order valence-corrected chi connectivity index (χ2v) is 8.99. The van der Waals surface area contributed by atoms with E-state index in [9.17, 15) is 4.79 Å². The summed E-state index contributed by atoms with van der Waals surface area (Å²) in [5.74, 6) is 0.852. The number of rotatable bonds is 8. The fourth-order valence-electron chi connectivity index (χ4n) is 4.04. The van der Waals surface area contributed by atoms with Gasteiger partial charge in [-0.05, 0) is 55.5 Å². The van der Waals surface area contributed by atoms with Crippen molar-refractivity contribution in [3.63, 3.8) is 0 Å². The third-order valence-electron chi connectivity index (χ3n) is 6.00. The molecule has 4 rings (SSSR count). The van der Waals surface area contributed by atoms with Gasteiger partial charge in [0.05, 0.1) is 5.92 Å². The third-order valence-corrected chi connectivity index (χ3v) is 6.00. The number of aromatic nitrogens is 2. The molecule has 1 N–H and O–H groups in total. The summed E-state index contributed by atoms with van der Waals surface area (Å²) < 4.78 is 5.49. The Labute approximate surface area is 195 Å². The first-order valence-electron chi connectivity index (χ1n) is 10.8. The molecule has 3 aromatic rings. The normalized spacial score (nSPS) is 17.8. The highest BCUT2D eigenvalue weighted by Gasteiger charge is 2.36. The van der Waals surface area contributed by atoms with Gasteiger partial charge in [0.2, 0.25) is 5.82 Å². The van der Waals surface area contributed by atoms with Crippen molar-refractivity contribution in [2.24, 2.45) is 11.8 Å². The van der Waals surface area contributed by atoms with Gasteiger partial charge in [0, 0.05) is 23.7 Å². The maximum atomic E-state index is 11.0. The van der Waals surface area contributed by atoms with Crippen molar-refractivity contribution >= 4 is 18.4 Å². The molecule has 32 heavy (non-hydrogen) atoms. The number of benzene rings is 2. The van der Waals surface area contributed by atoms with Gasteiger partial charge < -0.3 is 9.63 Å². The van der Waals surface area contributed by atoms with Gasteiger partial charge in [-0.1, -0.05) is 55.4 Å². The molecule has 1 fully saturated rings. The van der Waals surface area contributed by atoms with Gasteiger partial charge in [-0.2, -0.15) is 4.98 Å². The molecule has 0 atom stereocenters. The van der Waals surface area contributed by atoms with Crippen LogP contribution in [0, 0.1) is 11.8 Å². The predicted molar refractivity (Wildman–Crippen MR) is 127 cm³/mol. The Morgan fingerprint density at radius 2 is 1.66 bits per heavy atom. The predicted octanol–water partition coefficient (Wildman–Crippen LogP) is 5.32. The van der Waals surface area contributed by atoms with Gasteiger partial charge in [-0.3, -0.25) is 9.69 Å². The largest absolute Gasteiger partial charge is 0.481 e. The van der Waals surface area contributed by atoms with Gasteiger partial charge in [0.15, 0.2) is 0 Å². The molecular formula is C25H30ClN3O3. The minimum absolute atomic E-state index is 0. The fraction of sp³-hybridized carbons (Fsp3) is 0.400. The Hall–Kier alpha value is -2.70. The summed E-state index contributed by atoms with van der Waals surface area (Å²) in [6, 6.07) is 16.8. The van der Waals surface area contributed by atoms with Crippen LogP contribution in [0.2, 0.25) is 0 Å². The van der Waals surface area contributed by atoms with E-state index in [-0.39, 0.29) is 18.3 Å². The van der Waals surface area contributed by atoms with Crippen molar-refractivity contribution in [1.82, 2.24) is 15.0 Å². The molecule has 0 aliphatic heterocycles. The summed E-state index contributed by atoms with van der Waals surface area (Å²) in [5.41, 5.74) is 4.31. The van der Waals surface area contributed by atoms with Crippen LogP contribution in [0.5, 0.6) is 0 Å². The summed E-state index contributed by atoms with van der Waals surface area (Å²) >= 11 is 0. The van der Waals surface area contributed by atoms with Crippen LogP contribution in [0.4, 0.5) is 0 Å². The number of carboxylic acid groups (broad SMARTS) is 1. The van der Waals surface area contributed by atoms with Crippen molar-refractivity contribution in [3.8, 4) is 22.8 Å². The number of aliphatic carboxylic acids is 1. The van der Waals surface area contributed by atoms with Crippen LogP contribution in [-0.2, 0) is 17.8 Å². The summed E-state index contributed by atoms with van der Waals surface area (Å²) in [5, 5.41) is 13.2. The van der Waals surface area contributed by atoms with Crippen LogP contribution >= 0.6 is 12.4 Å². The number of nitrogens with zero attached hydrogens (tertiary/aromatic N) is 3. The molecule has 1 aromatic heterocycles. The SMILES string of the molecule is CC(C)Cc1ccc(-c2nc(-c3ccc(CN(C)C4CC(C(=O)O)C4)cc3)no2)cc1.Cl. The Bertz CT molecular complexity index is 1030. The van der Waals surface area contributed by atoms with Crippen molar-refractivity contribution in [2.45, 2.75) is 45.7 Å². The summed E-state index contributed by atoms with van der Waals surface area (Å²) in [6.07, 6.45) is 2.51. The molecule has 1 aliphatic carbocycles. The average molecular weight is 456 g/mol. The van der Waals surface area contributed by atoms with E-state index in [1.807, 2.05) is 24.3 Å². The topological polar surface area (TPSA) is 79.5 Å². The van der Waals surface area contributed by atoms with Gasteiger partial charge in [0.1, 0.15) is 0 Å². The molecule has 0 spiro atoms. The number of halogens is 1. The van der Waals surface area contributed by atoms with Gasteiger partial charge >= 0.3 is 5.97 Å². The molecule has 0 bridgehead atoms. The van der Waals surface area contributed by atoms with Gasteiger partial charge in [-0.25, -0.2) is 0 Å². The first kappa shape index (κ1) is 24.0. The van der Waals surface area contributed by atoms with Crippen LogP contribution < -0.4 is 0 Å². The minimum atomic E-state index is -0.681. The van der Waals surface area contributed by atoms with Gasteiger partial charge in [0.25, 0.3) is 5.89 Å². The lowest BCUT2D eigenvalue weighted by Gasteiger charge is -2.39. The molecule has 7 heteroatoms. The molecule has 1 saturated carbocycles. The summed E-state index contributed by atoms with van der Waals surface area (Å²) in [6.45, 7) is 5.21. The highest BCUT2D eigenvalue weighted by Crippen LogP contribution is 2.32. The van der Waals surface area contributed by atoms with E-state index >= 15 is 0 Å². The van der Waals surface area contributed by atoms with Crippen LogP contribution in [0.25, 0.3) is 22.8 Å². The van der Waals surface area contributed by atoms with E-state index in [0.29, 0.717) is 23.7 Å². The van der Waals surface area contributed by atoms with Crippen LogP contribution in [0.15, 0.2) is 53.1 Å². The molecule has 0 amide bonds. The second kappa shape index (κ2) is 10.3. The lowest BCUT2D eigenvalue weighted by atomic mass is 9.79. The Morgan fingerprint density at radius 3 is 2.25 bits per heavy atom. The second-order valence-electron chi connectivity index (χ2n) is 8.99. The summed E-state index contributed by atoms with van der Waals surface area (Å²) in [7, 11) is 2.05. The zero-order chi connectivity index (χ0) is 22.0. The maximum absolute atomic E-state index is 11.0. The lowest BCUT2D eigenvalue weighted by Crippen LogP contribution is -2.44. The van der Waals surface area contributed by atoms with E-state index in [1.54, 1.807) is 0 Å². The molecule has 0 radical (unpaired) electrons. The standard InChI is InChI=1S/C25H29N3O3.ClH/c1-16(2)12-17-4-10-20(11-5-17)24-26-23(27-31-24)19-8-6-18(7-9-19)15-28(3)22-13-21(14-22)25(29)30;/h4-11,16,21-22H,12-15H2,1-3H3,(H,29,30);1H. The molecular weight excluding hydrogens is 426 g/mol. The van der Waals surface area contributed by atoms with E-state index in [0.717, 1.165) is 36.9 Å². The third kappa shape index (κ3) is 5.56. The molecule has 1 aliphatic rings. The zero-order valence-electron chi connectivity index (χ0n) is 18.7. The smallest absolute Gasteiger partial charge is 0.306 e. The fourth-order valence-corrected chi connectivity index (χ4v) is 4.04. The molecule has 1 heterocycles. The number of carbonyl (C=O) groups is 1. The molecule has 170 valence electrons. The molecule has 0 saturated heterocycles. The van der Waals surface area contributed by atoms with Crippen LogP contribution in [0.3, 0.4) is 0 Å². The Morgan fingerprint density at radius 1 is 1.06 bits per heavy atom. The average Bonchev–Trinajstić information content (AvgIpc) is 3.17. The first-order chi connectivity index (χ1) is 14.9. The zero-order valence-corrected chi connectivity index (χ0v) is 19.5. The first-order valence-corrected chi connectivity index (χ1v) is 10.8. The van der Waals surface area contributed by atoms with Crippen molar-refractivity contribution in [3.05, 3.63) is 59.7 Å². The quantitative estimate of drug-likeness (QED) is 0.495. The van der Waals surface area contributed by atoms with E-state index in [1.165, 1.54) is 11.1 Å². The Kier molecular flexibility index (Phi) is 7.69. The molecule has 0 unspecified atom stereocenters. The monoisotopic (exact) mass is 455 g/mol. The van der Waals surface area contributed by atoms with Gasteiger partial charge in [-0.15, -0.1) is 12.4 Å². The Balaban J connectivity index is 0.00000289. The lowest BCUT2D eigenvalue weighted by molar-refractivity contribution is -0.146. The number of hydrogen-bond acceptors (Lipinski definition) is 5. The maximum Gasteiger partial charge on any atom is 0.306 e. The van der Waals surface area contributed by atoms with E-state index < -0.39 is 5.97 Å². The van der Waals surface area contributed by atoms with Crippen LogP contribution in [0.1, 0.15) is 37.8 Å². The van der Waals surface area contributed by atoms with E-state index in [2.05, 4.69) is 60.2 Å². The van der Waals surface area contributed by atoms with Crippen LogP contribution in [-0.4, -0.2) is 39.2 Å². The molecule has 2 aromatic carbocycles. The summed E-state index contributed by atoms with van der Waals surface area (Å²) in [4.78, 5) is 17.8. The number of carboxylic acids is 1. The highest BCUT2D eigenvalue weighted by atomic mass is 35.5. The number of hydrogen-bond donors (Lipinski definition) is 1. The van der Waals surface area contributed by atoms with Crippen molar-refractivity contribution in [2.75, 3.05) is 7.05 Å². The molecule has 6 nitrogen and oxygen atoms in total.